The van der Waals surface area contributed by atoms with Crippen LogP contribution in [0.2, 0.25) is 0 Å². The number of esters is 1. The maximum absolute atomic E-state index is 12.6. The number of carbonyl (C=O) groups excluding carboxylic acids is 1. The van der Waals surface area contributed by atoms with Crippen LogP contribution in [0.5, 0.6) is 0 Å². The van der Waals surface area contributed by atoms with Gasteiger partial charge in [-0.25, -0.2) is 9.48 Å². The summed E-state index contributed by atoms with van der Waals surface area (Å²) < 4.78 is 7.01. The second-order valence-corrected chi connectivity index (χ2v) is 5.90. The third-order valence-electron chi connectivity index (χ3n) is 3.56. The first-order valence-corrected chi connectivity index (χ1v) is 7.71. The third kappa shape index (κ3) is 3.03. The van der Waals surface area contributed by atoms with Gasteiger partial charge in [0.25, 0.3) is 5.56 Å². The maximum atomic E-state index is 12.6. The normalized spacial score (nSPS) is 10.7. The van der Waals surface area contributed by atoms with Gasteiger partial charge in [0.1, 0.15) is 0 Å². The van der Waals surface area contributed by atoms with Gasteiger partial charge < -0.3 is 4.74 Å². The average molecular weight is 373 g/mol. The van der Waals surface area contributed by atoms with Crippen molar-refractivity contribution in [3.8, 4) is 0 Å². The molecular weight excluding hydrogens is 360 g/mol. The number of methoxy groups -OCH3 is 1. The van der Waals surface area contributed by atoms with Crippen LogP contribution in [0, 0.1) is 0 Å². The summed E-state index contributed by atoms with van der Waals surface area (Å²) in [6.07, 6.45) is 1.64. The molecule has 0 amide bonds. The van der Waals surface area contributed by atoms with Crippen LogP contribution < -0.4 is 5.56 Å². The molecule has 2 aromatic carbocycles. The molecule has 1 heterocycles. The van der Waals surface area contributed by atoms with Gasteiger partial charge in [-0.15, -0.1) is 0 Å². The first-order valence-electron chi connectivity index (χ1n) is 6.92. The highest BCUT2D eigenvalue weighted by Crippen LogP contribution is 2.17. The molecule has 0 atom stereocenters. The Morgan fingerprint density at radius 1 is 1.26 bits per heavy atom. The summed E-state index contributed by atoms with van der Waals surface area (Å²) in [5.74, 6) is -0.432. The summed E-state index contributed by atoms with van der Waals surface area (Å²) >= 11 is 3.37. The van der Waals surface area contributed by atoms with Crippen molar-refractivity contribution in [2.24, 2.45) is 0 Å². The maximum Gasteiger partial charge on any atom is 0.338 e. The molecule has 3 aromatic rings. The first-order chi connectivity index (χ1) is 11.1. The van der Waals surface area contributed by atoms with E-state index in [0.717, 1.165) is 9.86 Å². The number of benzene rings is 2. The van der Waals surface area contributed by atoms with Gasteiger partial charge in [-0.2, -0.15) is 5.10 Å². The second-order valence-electron chi connectivity index (χ2n) is 4.99. The SMILES string of the molecule is COC(=O)c1ccccc1Cn1ncc2cc(Br)ccc2c1=O. The molecule has 0 radical (unpaired) electrons. The number of ether oxygens (including phenoxy) is 1. The Labute approximate surface area is 140 Å². The monoisotopic (exact) mass is 372 g/mol. The van der Waals surface area contributed by atoms with E-state index in [2.05, 4.69) is 21.0 Å². The standard InChI is InChI=1S/C17H13BrN2O3/c1-23-17(22)15-5-3-2-4-11(15)10-20-16(21)14-7-6-13(18)8-12(14)9-19-20/h2-9H,10H2,1H3. The molecule has 3 rings (SSSR count). The number of hydrogen-bond acceptors (Lipinski definition) is 4. The molecular formula is C17H13BrN2O3. The fourth-order valence-corrected chi connectivity index (χ4v) is 2.78. The third-order valence-corrected chi connectivity index (χ3v) is 4.05. The van der Waals surface area contributed by atoms with Crippen molar-refractivity contribution >= 4 is 32.7 Å². The predicted molar refractivity (Wildman–Crippen MR) is 90.6 cm³/mol. The summed E-state index contributed by atoms with van der Waals surface area (Å²) in [4.78, 5) is 24.4. The Morgan fingerprint density at radius 2 is 2.04 bits per heavy atom. The summed E-state index contributed by atoms with van der Waals surface area (Å²) in [5.41, 5.74) is 0.916. The van der Waals surface area contributed by atoms with Crippen LogP contribution >= 0.6 is 15.9 Å². The van der Waals surface area contributed by atoms with Gasteiger partial charge in [0.15, 0.2) is 0 Å². The Hall–Kier alpha value is -2.47. The summed E-state index contributed by atoms with van der Waals surface area (Å²) in [5, 5.41) is 5.55. The van der Waals surface area contributed by atoms with Gasteiger partial charge in [-0.1, -0.05) is 34.1 Å². The van der Waals surface area contributed by atoms with E-state index < -0.39 is 5.97 Å². The van der Waals surface area contributed by atoms with Gasteiger partial charge in [0.05, 0.1) is 30.8 Å². The van der Waals surface area contributed by atoms with Gasteiger partial charge in [-0.05, 0) is 29.8 Å². The van der Waals surface area contributed by atoms with Gasteiger partial charge in [0, 0.05) is 9.86 Å². The number of fused-ring (bicyclic) bond motifs is 1. The first kappa shape index (κ1) is 15.4. The van der Waals surface area contributed by atoms with Crippen molar-refractivity contribution in [2.75, 3.05) is 7.11 Å². The van der Waals surface area contributed by atoms with Crippen LogP contribution in [0.4, 0.5) is 0 Å². The van der Waals surface area contributed by atoms with Crippen molar-refractivity contribution in [3.05, 3.63) is 74.6 Å². The van der Waals surface area contributed by atoms with E-state index in [4.69, 9.17) is 4.74 Å². The number of nitrogens with zero attached hydrogens (tertiary/aromatic N) is 2. The molecule has 0 spiro atoms. The van der Waals surface area contributed by atoms with Crippen molar-refractivity contribution in [2.45, 2.75) is 6.54 Å². The number of hydrogen-bond donors (Lipinski definition) is 0. The van der Waals surface area contributed by atoms with E-state index in [-0.39, 0.29) is 12.1 Å². The van der Waals surface area contributed by atoms with Crippen molar-refractivity contribution in [3.63, 3.8) is 0 Å². The highest BCUT2D eigenvalue weighted by molar-refractivity contribution is 9.10. The smallest absolute Gasteiger partial charge is 0.338 e. The zero-order valence-electron chi connectivity index (χ0n) is 12.3. The van der Waals surface area contributed by atoms with Crippen molar-refractivity contribution in [1.82, 2.24) is 9.78 Å². The zero-order valence-corrected chi connectivity index (χ0v) is 13.9. The topological polar surface area (TPSA) is 61.2 Å². The lowest BCUT2D eigenvalue weighted by Crippen LogP contribution is -2.24. The van der Waals surface area contributed by atoms with Crippen LogP contribution in [-0.4, -0.2) is 22.9 Å². The van der Waals surface area contributed by atoms with Gasteiger partial charge >= 0.3 is 5.97 Å². The van der Waals surface area contributed by atoms with Crippen molar-refractivity contribution in [1.29, 1.82) is 0 Å². The van der Waals surface area contributed by atoms with E-state index >= 15 is 0 Å². The number of halogens is 1. The van der Waals surface area contributed by atoms with Gasteiger partial charge in [-0.3, -0.25) is 4.79 Å². The van der Waals surface area contributed by atoms with E-state index in [9.17, 15) is 9.59 Å². The molecule has 116 valence electrons. The highest BCUT2D eigenvalue weighted by atomic mass is 79.9. The van der Waals surface area contributed by atoms with E-state index in [0.29, 0.717) is 16.5 Å². The quantitative estimate of drug-likeness (QED) is 0.663. The molecule has 0 bridgehead atoms. The molecule has 1 aromatic heterocycles. The summed E-state index contributed by atoms with van der Waals surface area (Å²) in [7, 11) is 1.33. The molecule has 0 aliphatic heterocycles. The molecule has 23 heavy (non-hydrogen) atoms. The Morgan fingerprint density at radius 3 is 2.83 bits per heavy atom. The molecule has 6 heteroatoms. The minimum absolute atomic E-state index is 0.199. The molecule has 0 unspecified atom stereocenters. The second kappa shape index (κ2) is 6.34. The van der Waals surface area contributed by atoms with E-state index in [1.54, 1.807) is 30.5 Å². The number of rotatable bonds is 3. The van der Waals surface area contributed by atoms with E-state index in [1.165, 1.54) is 11.8 Å². The molecule has 0 aliphatic rings. The highest BCUT2D eigenvalue weighted by Gasteiger charge is 2.13. The molecule has 5 nitrogen and oxygen atoms in total. The van der Waals surface area contributed by atoms with Crippen LogP contribution in [0.15, 0.2) is 57.9 Å². The lowest BCUT2D eigenvalue weighted by atomic mass is 10.1. The zero-order chi connectivity index (χ0) is 16.4. The summed E-state index contributed by atoms with van der Waals surface area (Å²) in [6.45, 7) is 0.204. The minimum Gasteiger partial charge on any atom is -0.465 e. The van der Waals surface area contributed by atoms with Crippen LogP contribution in [0.1, 0.15) is 15.9 Å². The van der Waals surface area contributed by atoms with Gasteiger partial charge in [0.2, 0.25) is 0 Å². The summed E-state index contributed by atoms with van der Waals surface area (Å²) in [6, 6.07) is 12.4. The molecule has 0 saturated carbocycles. The lowest BCUT2D eigenvalue weighted by Gasteiger charge is -2.10. The Balaban J connectivity index is 2.06. The fourth-order valence-electron chi connectivity index (χ4n) is 2.40. The number of carbonyl (C=O) groups is 1. The predicted octanol–water partition coefficient (Wildman–Crippen LogP) is 2.99. The lowest BCUT2D eigenvalue weighted by molar-refractivity contribution is 0.0599. The minimum atomic E-state index is -0.432. The molecule has 0 fully saturated rings. The van der Waals surface area contributed by atoms with Crippen LogP contribution in [-0.2, 0) is 11.3 Å². The fraction of sp³-hybridized carbons (Fsp3) is 0.118. The van der Waals surface area contributed by atoms with Crippen LogP contribution in [0.25, 0.3) is 10.8 Å². The Kier molecular flexibility index (Phi) is 4.25. The van der Waals surface area contributed by atoms with Crippen molar-refractivity contribution < 1.29 is 9.53 Å². The molecule has 0 N–H and O–H groups in total. The van der Waals surface area contributed by atoms with Crippen LogP contribution in [0.3, 0.4) is 0 Å². The van der Waals surface area contributed by atoms with E-state index in [1.807, 2.05) is 18.2 Å². The molecule has 0 saturated heterocycles. The average Bonchev–Trinajstić information content (AvgIpc) is 2.57. The number of aromatic nitrogens is 2. The molecule has 0 aliphatic carbocycles. The largest absolute Gasteiger partial charge is 0.465 e. The Bertz CT molecular complexity index is 950.